The second-order valence-corrected chi connectivity index (χ2v) is 7.39. The average Bonchev–Trinajstić information content (AvgIpc) is 3.08. The fraction of sp³-hybridized carbons (Fsp3) is 0.368. The number of benzene rings is 1. The van der Waals surface area contributed by atoms with Crippen molar-refractivity contribution in [1.82, 2.24) is 5.32 Å². The molecule has 25 heavy (non-hydrogen) atoms. The third kappa shape index (κ3) is 5.41. The van der Waals surface area contributed by atoms with Crippen molar-refractivity contribution in [2.45, 2.75) is 33.4 Å². The van der Waals surface area contributed by atoms with Gasteiger partial charge in [-0.25, -0.2) is 0 Å². The van der Waals surface area contributed by atoms with Crippen molar-refractivity contribution in [3.05, 3.63) is 51.7 Å². The van der Waals surface area contributed by atoms with Gasteiger partial charge in [-0.15, -0.1) is 11.3 Å². The molecule has 0 spiro atoms. The quantitative estimate of drug-likeness (QED) is 0.701. The number of quaternary nitrogens is 1. The molecule has 0 fully saturated rings. The van der Waals surface area contributed by atoms with Crippen LogP contribution in [0.4, 0.5) is 5.69 Å². The number of aryl methyl sites for hydroxylation is 2. The lowest BCUT2D eigenvalue weighted by Crippen LogP contribution is -3.12. The second-order valence-electron chi connectivity index (χ2n) is 6.36. The molecule has 0 saturated heterocycles. The van der Waals surface area contributed by atoms with Crippen LogP contribution in [0.5, 0.6) is 0 Å². The number of nitrogens with one attached hydrogen (secondary N) is 3. The van der Waals surface area contributed by atoms with Crippen LogP contribution in [-0.2, 0) is 16.1 Å². The first-order chi connectivity index (χ1) is 11.9. The van der Waals surface area contributed by atoms with E-state index >= 15 is 0 Å². The fourth-order valence-electron chi connectivity index (χ4n) is 2.58. The highest BCUT2D eigenvalue weighted by molar-refractivity contribution is 7.09. The van der Waals surface area contributed by atoms with Gasteiger partial charge in [-0.1, -0.05) is 24.3 Å². The Kier molecular flexibility index (Phi) is 6.73. The first-order valence-electron chi connectivity index (χ1n) is 8.37. The molecule has 0 saturated carbocycles. The molecular weight excluding hydrogens is 334 g/mol. The van der Waals surface area contributed by atoms with Crippen LogP contribution in [0.1, 0.15) is 22.9 Å². The summed E-state index contributed by atoms with van der Waals surface area (Å²) in [6.07, 6.45) is 0. The lowest BCUT2D eigenvalue weighted by Gasteiger charge is -2.20. The highest BCUT2D eigenvalue weighted by Crippen LogP contribution is 2.18. The van der Waals surface area contributed by atoms with E-state index in [2.05, 4.69) is 16.7 Å². The van der Waals surface area contributed by atoms with Gasteiger partial charge < -0.3 is 15.5 Å². The topological polar surface area (TPSA) is 62.6 Å². The minimum atomic E-state index is -0.227. The molecule has 2 amide bonds. The van der Waals surface area contributed by atoms with Crippen LogP contribution < -0.4 is 15.5 Å². The molecule has 0 aliphatic heterocycles. The summed E-state index contributed by atoms with van der Waals surface area (Å²) in [5.41, 5.74) is 2.83. The molecule has 5 nitrogen and oxygen atoms in total. The van der Waals surface area contributed by atoms with E-state index in [1.54, 1.807) is 11.3 Å². The van der Waals surface area contributed by atoms with Gasteiger partial charge in [0.1, 0.15) is 6.54 Å². The molecule has 2 atom stereocenters. The first kappa shape index (κ1) is 19.1. The predicted molar refractivity (Wildman–Crippen MR) is 102 cm³/mol. The number of likely N-dealkylation sites (N-methyl/N-ethyl adjacent to an activating group) is 1. The number of anilines is 1. The number of hydrogen-bond donors (Lipinski definition) is 3. The monoisotopic (exact) mass is 360 g/mol. The Morgan fingerprint density at radius 2 is 1.84 bits per heavy atom. The molecule has 1 aromatic heterocycles. The zero-order valence-corrected chi connectivity index (χ0v) is 16.0. The molecule has 0 bridgehead atoms. The largest absolute Gasteiger partial charge is 0.342 e. The molecule has 2 rings (SSSR count). The molecule has 1 heterocycles. The zero-order valence-electron chi connectivity index (χ0n) is 15.2. The Morgan fingerprint density at radius 3 is 2.44 bits per heavy atom. The van der Waals surface area contributed by atoms with Gasteiger partial charge in [0.25, 0.3) is 5.91 Å². The number of rotatable bonds is 7. The highest BCUT2D eigenvalue weighted by Gasteiger charge is 2.22. The van der Waals surface area contributed by atoms with Crippen LogP contribution in [0.3, 0.4) is 0 Å². The lowest BCUT2D eigenvalue weighted by molar-refractivity contribution is -0.907. The van der Waals surface area contributed by atoms with Gasteiger partial charge in [0.2, 0.25) is 5.91 Å². The molecule has 3 N–H and O–H groups in total. The van der Waals surface area contributed by atoms with Crippen molar-refractivity contribution >= 4 is 28.8 Å². The average molecular weight is 361 g/mol. The van der Waals surface area contributed by atoms with E-state index in [-0.39, 0.29) is 24.4 Å². The summed E-state index contributed by atoms with van der Waals surface area (Å²) in [5, 5.41) is 7.65. The van der Waals surface area contributed by atoms with Crippen LogP contribution in [0.2, 0.25) is 0 Å². The van der Waals surface area contributed by atoms with Gasteiger partial charge in [0.05, 0.1) is 18.5 Å². The number of carbonyl (C=O) groups is 2. The summed E-state index contributed by atoms with van der Waals surface area (Å²) >= 11 is 1.69. The number of amides is 2. The maximum Gasteiger partial charge on any atom is 0.278 e. The number of thiophene rings is 1. The second kappa shape index (κ2) is 8.78. The Morgan fingerprint density at radius 1 is 1.16 bits per heavy atom. The Labute approximate surface area is 153 Å². The van der Waals surface area contributed by atoms with E-state index < -0.39 is 0 Å². The Hall–Kier alpha value is -2.18. The van der Waals surface area contributed by atoms with Gasteiger partial charge >= 0.3 is 0 Å². The number of para-hydroxylation sites is 1. The summed E-state index contributed by atoms with van der Waals surface area (Å²) in [4.78, 5) is 26.8. The summed E-state index contributed by atoms with van der Waals surface area (Å²) < 4.78 is 0. The predicted octanol–water partition coefficient (Wildman–Crippen LogP) is 1.52. The van der Waals surface area contributed by atoms with E-state index in [0.717, 1.165) is 28.3 Å². The Bertz CT molecular complexity index is 708. The van der Waals surface area contributed by atoms with E-state index in [1.165, 1.54) is 4.88 Å². The van der Waals surface area contributed by atoms with E-state index in [4.69, 9.17) is 0 Å². The van der Waals surface area contributed by atoms with Crippen molar-refractivity contribution in [1.29, 1.82) is 0 Å². The van der Waals surface area contributed by atoms with E-state index in [0.29, 0.717) is 0 Å². The highest BCUT2D eigenvalue weighted by atomic mass is 32.1. The third-order valence-corrected chi connectivity index (χ3v) is 5.21. The number of carbonyl (C=O) groups excluding carboxylic acids is 2. The molecule has 0 radical (unpaired) electrons. The third-order valence-electron chi connectivity index (χ3n) is 4.33. The smallest absolute Gasteiger partial charge is 0.278 e. The lowest BCUT2D eigenvalue weighted by atomic mass is 10.1. The van der Waals surface area contributed by atoms with Gasteiger partial charge in [-0.05, 0) is 43.3 Å². The van der Waals surface area contributed by atoms with Gasteiger partial charge in [-0.3, -0.25) is 9.59 Å². The standard InChI is InChI=1S/C19H25N3O2S/c1-13-7-5-8-14(2)18(13)21-17(23)11-20-19(24)15(3)22(4)12-16-9-6-10-25-16/h5-10,15H,11-12H2,1-4H3,(H,20,24)(H,21,23)/p+1/t15-/m0/s1. The van der Waals surface area contributed by atoms with Crippen molar-refractivity contribution in [3.8, 4) is 0 Å². The van der Waals surface area contributed by atoms with Crippen molar-refractivity contribution in [2.75, 3.05) is 18.9 Å². The van der Waals surface area contributed by atoms with Crippen LogP contribution in [0, 0.1) is 13.8 Å². The molecular formula is C19H26N3O2S+. The minimum Gasteiger partial charge on any atom is -0.342 e. The molecule has 134 valence electrons. The summed E-state index contributed by atoms with van der Waals surface area (Å²) in [6, 6.07) is 9.70. The van der Waals surface area contributed by atoms with Crippen LogP contribution in [0.15, 0.2) is 35.7 Å². The van der Waals surface area contributed by atoms with E-state index in [9.17, 15) is 9.59 Å². The summed E-state index contributed by atoms with van der Waals surface area (Å²) in [6.45, 7) is 6.55. The zero-order chi connectivity index (χ0) is 18.4. The van der Waals surface area contributed by atoms with Crippen molar-refractivity contribution in [2.24, 2.45) is 0 Å². The molecule has 1 aromatic carbocycles. The molecule has 0 aliphatic carbocycles. The first-order valence-corrected chi connectivity index (χ1v) is 9.25. The van der Waals surface area contributed by atoms with Gasteiger partial charge in [0.15, 0.2) is 6.04 Å². The maximum absolute atomic E-state index is 12.3. The van der Waals surface area contributed by atoms with Crippen molar-refractivity contribution in [3.63, 3.8) is 0 Å². The maximum atomic E-state index is 12.3. The van der Waals surface area contributed by atoms with Crippen molar-refractivity contribution < 1.29 is 14.5 Å². The van der Waals surface area contributed by atoms with Gasteiger partial charge in [-0.2, -0.15) is 0 Å². The fourth-order valence-corrected chi connectivity index (χ4v) is 3.38. The molecule has 2 aromatic rings. The van der Waals surface area contributed by atoms with E-state index in [1.807, 2.05) is 57.5 Å². The van der Waals surface area contributed by atoms with Gasteiger partial charge in [0, 0.05) is 5.69 Å². The SMILES string of the molecule is Cc1cccc(C)c1NC(=O)CNC(=O)[C@H](C)[NH+](C)Cc1cccs1. The normalized spacial score (nSPS) is 13.1. The summed E-state index contributed by atoms with van der Waals surface area (Å²) in [7, 11) is 1.99. The molecule has 1 unspecified atom stereocenters. The van der Waals surface area contributed by atoms with Crippen LogP contribution >= 0.6 is 11.3 Å². The minimum absolute atomic E-state index is 0.0246. The molecule has 0 aliphatic rings. The molecule has 6 heteroatoms. The van der Waals surface area contributed by atoms with Crippen LogP contribution in [0.25, 0.3) is 0 Å². The number of hydrogen-bond acceptors (Lipinski definition) is 3. The Balaban J connectivity index is 1.83. The van der Waals surface area contributed by atoms with Crippen LogP contribution in [-0.4, -0.2) is 31.4 Å². The summed E-state index contributed by atoms with van der Waals surface area (Å²) in [5.74, 6) is -0.334.